The minimum absolute atomic E-state index is 0.0503. The lowest BCUT2D eigenvalue weighted by atomic mass is 9.98. The highest BCUT2D eigenvalue weighted by Gasteiger charge is 2.22. The zero-order chi connectivity index (χ0) is 18.5. The predicted octanol–water partition coefficient (Wildman–Crippen LogP) is 3.23. The maximum atomic E-state index is 13.6. The van der Waals surface area contributed by atoms with Gasteiger partial charge in [-0.05, 0) is 41.8 Å². The summed E-state index contributed by atoms with van der Waals surface area (Å²) in [5.74, 6) is 1.11. The van der Waals surface area contributed by atoms with Crippen molar-refractivity contribution >= 4 is 11.6 Å². The number of para-hydroxylation sites is 1. The van der Waals surface area contributed by atoms with E-state index in [0.717, 1.165) is 12.0 Å². The minimum atomic E-state index is -0.312. The zero-order valence-electron chi connectivity index (χ0n) is 15.0. The van der Waals surface area contributed by atoms with Crippen LogP contribution in [0.25, 0.3) is 0 Å². The van der Waals surface area contributed by atoms with Gasteiger partial charge in [0.2, 0.25) is 5.91 Å². The maximum Gasteiger partial charge on any atom is 0.224 e. The van der Waals surface area contributed by atoms with Crippen LogP contribution in [0, 0.1) is 5.82 Å². The number of carbonyl (C=O) groups is 1. The van der Waals surface area contributed by atoms with E-state index in [4.69, 9.17) is 9.47 Å². The third-order valence-electron chi connectivity index (χ3n) is 4.60. The summed E-state index contributed by atoms with van der Waals surface area (Å²) in [4.78, 5) is 14.3. The van der Waals surface area contributed by atoms with Crippen molar-refractivity contribution in [2.24, 2.45) is 0 Å². The molecule has 1 N–H and O–H groups in total. The van der Waals surface area contributed by atoms with Crippen LogP contribution in [-0.2, 0) is 17.8 Å². The van der Waals surface area contributed by atoms with E-state index in [1.54, 1.807) is 32.4 Å². The summed E-state index contributed by atoms with van der Waals surface area (Å²) in [6.45, 7) is 1.62. The first-order valence-electron chi connectivity index (χ1n) is 8.62. The van der Waals surface area contributed by atoms with Gasteiger partial charge in [-0.3, -0.25) is 4.79 Å². The van der Waals surface area contributed by atoms with Gasteiger partial charge in [-0.2, -0.15) is 0 Å². The highest BCUT2D eigenvalue weighted by Crippen LogP contribution is 2.33. The molecule has 5 nitrogen and oxygen atoms in total. The van der Waals surface area contributed by atoms with Crippen molar-refractivity contribution in [1.29, 1.82) is 0 Å². The molecule has 0 unspecified atom stereocenters. The molecule has 0 bridgehead atoms. The number of hydrogen-bond donors (Lipinski definition) is 1. The van der Waals surface area contributed by atoms with Gasteiger partial charge < -0.3 is 19.7 Å². The van der Waals surface area contributed by atoms with E-state index in [1.807, 2.05) is 17.0 Å². The van der Waals surface area contributed by atoms with E-state index in [-0.39, 0.29) is 11.7 Å². The molecule has 26 heavy (non-hydrogen) atoms. The van der Waals surface area contributed by atoms with Crippen LogP contribution in [0.1, 0.15) is 17.5 Å². The molecule has 1 amide bonds. The Kier molecular flexibility index (Phi) is 5.61. The summed E-state index contributed by atoms with van der Waals surface area (Å²) < 4.78 is 24.3. The number of nitrogens with zero attached hydrogens (tertiary/aromatic N) is 1. The van der Waals surface area contributed by atoms with Crippen LogP contribution >= 0.6 is 0 Å². The van der Waals surface area contributed by atoms with Crippen LogP contribution in [0.5, 0.6) is 11.5 Å². The van der Waals surface area contributed by atoms with Gasteiger partial charge in [-0.25, -0.2) is 4.39 Å². The van der Waals surface area contributed by atoms with Crippen molar-refractivity contribution in [3.05, 3.63) is 53.3 Å². The van der Waals surface area contributed by atoms with E-state index in [1.165, 1.54) is 11.6 Å². The number of fused-ring (bicyclic) bond motifs is 1. The summed E-state index contributed by atoms with van der Waals surface area (Å²) in [6.07, 6.45) is 1.10. The molecule has 1 heterocycles. The van der Waals surface area contributed by atoms with E-state index >= 15 is 0 Å². The number of rotatable bonds is 6. The quantitative estimate of drug-likeness (QED) is 0.861. The van der Waals surface area contributed by atoms with Crippen LogP contribution in [0.4, 0.5) is 10.1 Å². The molecule has 3 rings (SSSR count). The second kappa shape index (κ2) is 8.08. The first kappa shape index (κ1) is 18.0. The van der Waals surface area contributed by atoms with Crippen LogP contribution < -0.4 is 14.8 Å². The smallest absolute Gasteiger partial charge is 0.224 e. The van der Waals surface area contributed by atoms with E-state index in [9.17, 15) is 9.18 Å². The Morgan fingerprint density at radius 2 is 1.85 bits per heavy atom. The van der Waals surface area contributed by atoms with E-state index < -0.39 is 0 Å². The van der Waals surface area contributed by atoms with Crippen molar-refractivity contribution < 1.29 is 18.7 Å². The Morgan fingerprint density at radius 1 is 1.15 bits per heavy atom. The third kappa shape index (κ3) is 3.90. The van der Waals surface area contributed by atoms with Crippen molar-refractivity contribution in [3.63, 3.8) is 0 Å². The highest BCUT2D eigenvalue weighted by molar-refractivity contribution is 5.77. The molecule has 0 saturated carbocycles. The molecule has 138 valence electrons. The average Bonchev–Trinajstić information content (AvgIpc) is 2.67. The minimum Gasteiger partial charge on any atom is -0.493 e. The second-order valence-corrected chi connectivity index (χ2v) is 6.20. The van der Waals surface area contributed by atoms with Gasteiger partial charge in [-0.1, -0.05) is 12.1 Å². The Balaban J connectivity index is 1.59. The van der Waals surface area contributed by atoms with Crippen LogP contribution in [0.3, 0.4) is 0 Å². The van der Waals surface area contributed by atoms with Gasteiger partial charge in [0, 0.05) is 26.1 Å². The van der Waals surface area contributed by atoms with Gasteiger partial charge >= 0.3 is 0 Å². The predicted molar refractivity (Wildman–Crippen MR) is 98.2 cm³/mol. The molecule has 0 saturated heterocycles. The van der Waals surface area contributed by atoms with Crippen molar-refractivity contribution in [2.45, 2.75) is 19.4 Å². The van der Waals surface area contributed by atoms with Crippen molar-refractivity contribution in [2.75, 3.05) is 32.6 Å². The molecule has 6 heteroatoms. The molecule has 0 aromatic heterocycles. The molecular formula is C20H23FN2O3. The number of nitrogens with one attached hydrogen (secondary N) is 1. The summed E-state index contributed by atoms with van der Waals surface area (Å²) in [6, 6.07) is 10.4. The zero-order valence-corrected chi connectivity index (χ0v) is 15.0. The van der Waals surface area contributed by atoms with Crippen molar-refractivity contribution in [1.82, 2.24) is 4.90 Å². The molecule has 2 aromatic rings. The monoisotopic (exact) mass is 358 g/mol. The molecule has 1 aliphatic rings. The maximum absolute atomic E-state index is 13.6. The fourth-order valence-corrected chi connectivity index (χ4v) is 3.16. The summed E-state index contributed by atoms with van der Waals surface area (Å²) >= 11 is 0. The lowest BCUT2D eigenvalue weighted by molar-refractivity contribution is -0.131. The molecule has 0 radical (unpaired) electrons. The molecular weight excluding hydrogens is 335 g/mol. The second-order valence-electron chi connectivity index (χ2n) is 6.20. The van der Waals surface area contributed by atoms with Crippen LogP contribution in [0.2, 0.25) is 0 Å². The standard InChI is InChI=1S/C20H23FN2O3/c1-25-18-11-14-8-10-23(13-15(14)12-19(18)26-2)20(24)7-9-22-17-6-4-3-5-16(17)21/h3-6,11-12,22H,7-10,13H2,1-2H3. The molecule has 1 aliphatic heterocycles. The number of benzene rings is 2. The summed E-state index contributed by atoms with van der Waals surface area (Å²) in [5.41, 5.74) is 2.67. The first-order chi connectivity index (χ1) is 12.6. The van der Waals surface area contributed by atoms with Gasteiger partial charge in [0.15, 0.2) is 11.5 Å². The lowest BCUT2D eigenvalue weighted by Gasteiger charge is -2.29. The van der Waals surface area contributed by atoms with Gasteiger partial charge in [0.05, 0.1) is 19.9 Å². The number of methoxy groups -OCH3 is 2. The molecule has 0 aliphatic carbocycles. The highest BCUT2D eigenvalue weighted by atomic mass is 19.1. The van der Waals surface area contributed by atoms with Gasteiger partial charge in [0.1, 0.15) is 5.82 Å². The number of halogens is 1. The van der Waals surface area contributed by atoms with Crippen LogP contribution in [-0.4, -0.2) is 38.1 Å². The number of amides is 1. The summed E-state index contributed by atoms with van der Waals surface area (Å²) in [5, 5.41) is 2.98. The molecule has 0 fully saturated rings. The number of hydrogen-bond acceptors (Lipinski definition) is 4. The Morgan fingerprint density at radius 3 is 2.54 bits per heavy atom. The Labute approximate surface area is 152 Å². The van der Waals surface area contributed by atoms with Crippen LogP contribution in [0.15, 0.2) is 36.4 Å². The molecule has 2 aromatic carbocycles. The fraction of sp³-hybridized carbons (Fsp3) is 0.350. The van der Waals surface area contributed by atoms with E-state index in [0.29, 0.717) is 43.2 Å². The topological polar surface area (TPSA) is 50.8 Å². The Bertz CT molecular complexity index is 795. The Hall–Kier alpha value is -2.76. The number of ether oxygens (including phenoxy) is 2. The third-order valence-corrected chi connectivity index (χ3v) is 4.60. The number of carbonyl (C=O) groups excluding carboxylic acids is 1. The largest absolute Gasteiger partial charge is 0.493 e. The first-order valence-corrected chi connectivity index (χ1v) is 8.62. The van der Waals surface area contributed by atoms with E-state index in [2.05, 4.69) is 5.32 Å². The number of anilines is 1. The van der Waals surface area contributed by atoms with Gasteiger partial charge in [0.25, 0.3) is 0 Å². The summed E-state index contributed by atoms with van der Waals surface area (Å²) in [7, 11) is 3.22. The van der Waals surface area contributed by atoms with Crippen molar-refractivity contribution in [3.8, 4) is 11.5 Å². The van der Waals surface area contributed by atoms with Gasteiger partial charge in [-0.15, -0.1) is 0 Å². The normalized spacial score (nSPS) is 13.1. The SMILES string of the molecule is COc1cc2c(cc1OC)CN(C(=O)CCNc1ccccc1F)CC2. The average molecular weight is 358 g/mol. The lowest BCUT2D eigenvalue weighted by Crippen LogP contribution is -2.36. The molecule has 0 atom stereocenters. The fourth-order valence-electron chi connectivity index (χ4n) is 3.16. The molecule has 0 spiro atoms.